The van der Waals surface area contributed by atoms with Crippen LogP contribution in [0.4, 0.5) is 13.2 Å². The van der Waals surface area contributed by atoms with Crippen LogP contribution in [0.5, 0.6) is 0 Å². The van der Waals surface area contributed by atoms with E-state index in [0.717, 1.165) is 6.54 Å². The van der Waals surface area contributed by atoms with E-state index in [1.807, 2.05) is 6.92 Å². The van der Waals surface area contributed by atoms with Gasteiger partial charge in [-0.15, -0.1) is 0 Å². The lowest BCUT2D eigenvalue weighted by atomic mass is 10.1. The number of rotatable bonds is 6. The molecular formula is C10H19F3N2O. The van der Waals surface area contributed by atoms with Crippen molar-refractivity contribution in [3.8, 4) is 0 Å². The van der Waals surface area contributed by atoms with Gasteiger partial charge in [-0.2, -0.15) is 13.2 Å². The summed E-state index contributed by atoms with van der Waals surface area (Å²) in [5.41, 5.74) is 0. The van der Waals surface area contributed by atoms with Crippen molar-refractivity contribution in [2.45, 2.75) is 39.4 Å². The maximum absolute atomic E-state index is 12.0. The number of amides is 1. The summed E-state index contributed by atoms with van der Waals surface area (Å²) >= 11 is 0. The highest BCUT2D eigenvalue weighted by Crippen LogP contribution is 2.21. The highest BCUT2D eigenvalue weighted by Gasteiger charge is 2.30. The SMILES string of the molecule is CCNCC(C)C(=O)NC(C)CC(F)(F)F. The van der Waals surface area contributed by atoms with Gasteiger partial charge in [0.1, 0.15) is 0 Å². The van der Waals surface area contributed by atoms with E-state index >= 15 is 0 Å². The molecule has 0 saturated carbocycles. The minimum atomic E-state index is -4.24. The second-order valence-corrected chi connectivity index (χ2v) is 3.94. The number of carbonyl (C=O) groups excluding carboxylic acids is 1. The van der Waals surface area contributed by atoms with Crippen molar-refractivity contribution < 1.29 is 18.0 Å². The molecule has 1 amide bonds. The van der Waals surface area contributed by atoms with Crippen LogP contribution in [0, 0.1) is 5.92 Å². The fraction of sp³-hybridized carbons (Fsp3) is 0.900. The van der Waals surface area contributed by atoms with Crippen molar-refractivity contribution in [3.05, 3.63) is 0 Å². The molecule has 0 aromatic carbocycles. The van der Waals surface area contributed by atoms with Crippen LogP contribution >= 0.6 is 0 Å². The van der Waals surface area contributed by atoms with Crippen molar-refractivity contribution in [3.63, 3.8) is 0 Å². The Labute approximate surface area is 93.8 Å². The third kappa shape index (κ3) is 7.50. The molecule has 0 aliphatic heterocycles. The number of alkyl halides is 3. The third-order valence-electron chi connectivity index (χ3n) is 2.07. The smallest absolute Gasteiger partial charge is 0.353 e. The minimum Gasteiger partial charge on any atom is -0.353 e. The number of carbonyl (C=O) groups is 1. The van der Waals surface area contributed by atoms with E-state index in [0.29, 0.717) is 6.54 Å². The molecule has 3 nitrogen and oxygen atoms in total. The predicted molar refractivity (Wildman–Crippen MR) is 56.0 cm³/mol. The lowest BCUT2D eigenvalue weighted by Gasteiger charge is -2.18. The Bertz CT molecular complexity index is 219. The maximum Gasteiger partial charge on any atom is 0.391 e. The molecule has 0 fully saturated rings. The molecule has 0 heterocycles. The Morgan fingerprint density at radius 3 is 2.31 bits per heavy atom. The van der Waals surface area contributed by atoms with E-state index in [4.69, 9.17) is 0 Å². The van der Waals surface area contributed by atoms with Gasteiger partial charge in [-0.25, -0.2) is 0 Å². The van der Waals surface area contributed by atoms with Crippen LogP contribution in [-0.4, -0.2) is 31.2 Å². The van der Waals surface area contributed by atoms with Gasteiger partial charge in [-0.3, -0.25) is 4.79 Å². The molecule has 0 aromatic rings. The Balaban J connectivity index is 3.94. The highest BCUT2D eigenvalue weighted by molar-refractivity contribution is 5.78. The second-order valence-electron chi connectivity index (χ2n) is 3.94. The summed E-state index contributed by atoms with van der Waals surface area (Å²) in [6.45, 7) is 6.14. The second kappa shape index (κ2) is 6.73. The van der Waals surface area contributed by atoms with Crippen LogP contribution in [0.2, 0.25) is 0 Å². The molecule has 0 aromatic heterocycles. The van der Waals surface area contributed by atoms with Crippen LogP contribution in [0.3, 0.4) is 0 Å². The monoisotopic (exact) mass is 240 g/mol. The zero-order valence-electron chi connectivity index (χ0n) is 9.82. The van der Waals surface area contributed by atoms with E-state index < -0.39 is 18.6 Å². The van der Waals surface area contributed by atoms with Crippen molar-refractivity contribution in [1.82, 2.24) is 10.6 Å². The molecule has 0 bridgehead atoms. The molecule has 96 valence electrons. The zero-order valence-corrected chi connectivity index (χ0v) is 9.82. The van der Waals surface area contributed by atoms with E-state index in [1.165, 1.54) is 6.92 Å². The third-order valence-corrected chi connectivity index (χ3v) is 2.07. The van der Waals surface area contributed by atoms with Crippen LogP contribution in [0.1, 0.15) is 27.2 Å². The first kappa shape index (κ1) is 15.2. The van der Waals surface area contributed by atoms with Crippen LogP contribution in [0.25, 0.3) is 0 Å². The molecule has 2 N–H and O–H groups in total. The summed E-state index contributed by atoms with van der Waals surface area (Å²) < 4.78 is 36.0. The Morgan fingerprint density at radius 1 is 1.31 bits per heavy atom. The van der Waals surface area contributed by atoms with E-state index in [2.05, 4.69) is 10.6 Å². The molecule has 0 spiro atoms. The Morgan fingerprint density at radius 2 is 1.88 bits per heavy atom. The molecule has 0 radical (unpaired) electrons. The normalized spacial score (nSPS) is 15.6. The first-order valence-electron chi connectivity index (χ1n) is 5.34. The van der Waals surface area contributed by atoms with E-state index in [1.54, 1.807) is 6.92 Å². The van der Waals surface area contributed by atoms with Gasteiger partial charge in [0.2, 0.25) is 5.91 Å². The van der Waals surface area contributed by atoms with E-state index in [9.17, 15) is 18.0 Å². The van der Waals surface area contributed by atoms with E-state index in [-0.39, 0.29) is 11.8 Å². The molecule has 0 aliphatic carbocycles. The summed E-state index contributed by atoms with van der Waals surface area (Å²) in [5, 5.41) is 5.31. The first-order valence-corrected chi connectivity index (χ1v) is 5.34. The number of halogens is 3. The van der Waals surface area contributed by atoms with Crippen LogP contribution < -0.4 is 10.6 Å². The van der Waals surface area contributed by atoms with Gasteiger partial charge in [-0.1, -0.05) is 13.8 Å². The quantitative estimate of drug-likeness (QED) is 0.741. The van der Waals surface area contributed by atoms with Crippen LogP contribution in [-0.2, 0) is 4.79 Å². The first-order chi connectivity index (χ1) is 7.26. The average molecular weight is 240 g/mol. The molecule has 2 unspecified atom stereocenters. The Kier molecular flexibility index (Phi) is 6.40. The van der Waals surface area contributed by atoms with Gasteiger partial charge >= 0.3 is 6.18 Å². The predicted octanol–water partition coefficient (Wildman–Crippen LogP) is 1.69. The average Bonchev–Trinajstić information content (AvgIpc) is 2.10. The molecule has 0 saturated heterocycles. The summed E-state index contributed by atoms with van der Waals surface area (Å²) in [6, 6.07) is -0.878. The fourth-order valence-electron chi connectivity index (χ4n) is 1.24. The Hall–Kier alpha value is -0.780. The highest BCUT2D eigenvalue weighted by atomic mass is 19.4. The van der Waals surface area contributed by atoms with Gasteiger partial charge < -0.3 is 10.6 Å². The summed E-state index contributed by atoms with van der Waals surface area (Å²) in [7, 11) is 0. The molecule has 16 heavy (non-hydrogen) atoms. The molecule has 6 heteroatoms. The fourth-order valence-corrected chi connectivity index (χ4v) is 1.24. The minimum absolute atomic E-state index is 0.323. The maximum atomic E-state index is 12.0. The largest absolute Gasteiger partial charge is 0.391 e. The van der Waals surface area contributed by atoms with Gasteiger partial charge in [0.05, 0.1) is 6.42 Å². The molecule has 0 aliphatic rings. The van der Waals surface area contributed by atoms with Crippen molar-refractivity contribution in [2.24, 2.45) is 5.92 Å². The molecular weight excluding hydrogens is 221 g/mol. The van der Waals surface area contributed by atoms with Gasteiger partial charge in [0.15, 0.2) is 0 Å². The number of hydrogen-bond donors (Lipinski definition) is 2. The van der Waals surface area contributed by atoms with Gasteiger partial charge in [0, 0.05) is 18.5 Å². The van der Waals surface area contributed by atoms with Gasteiger partial charge in [0.25, 0.3) is 0 Å². The van der Waals surface area contributed by atoms with Gasteiger partial charge in [-0.05, 0) is 13.5 Å². The topological polar surface area (TPSA) is 41.1 Å². The lowest BCUT2D eigenvalue weighted by molar-refractivity contribution is -0.142. The van der Waals surface area contributed by atoms with Crippen LogP contribution in [0.15, 0.2) is 0 Å². The zero-order chi connectivity index (χ0) is 12.8. The summed E-state index contributed by atoms with van der Waals surface area (Å²) in [5.74, 6) is -0.673. The van der Waals surface area contributed by atoms with Crippen molar-refractivity contribution >= 4 is 5.91 Å². The standard InChI is InChI=1S/C10H19F3N2O/c1-4-14-6-7(2)9(16)15-8(3)5-10(11,12)13/h7-8,14H,4-6H2,1-3H3,(H,15,16). The number of hydrogen-bond acceptors (Lipinski definition) is 2. The van der Waals surface area contributed by atoms with Crippen molar-refractivity contribution in [2.75, 3.05) is 13.1 Å². The van der Waals surface area contributed by atoms with Crippen molar-refractivity contribution in [1.29, 1.82) is 0 Å². The molecule has 2 atom stereocenters. The number of nitrogens with one attached hydrogen (secondary N) is 2. The summed E-state index contributed by atoms with van der Waals surface area (Å²) in [6.07, 6.45) is -5.23. The molecule has 0 rings (SSSR count). The lowest BCUT2D eigenvalue weighted by Crippen LogP contribution is -2.41. The summed E-state index contributed by atoms with van der Waals surface area (Å²) in [4.78, 5) is 11.4.